The number of H-pyrrole nitrogens is 1. The molecule has 12 heteroatoms. The van der Waals surface area contributed by atoms with Crippen LogP contribution in [-0.4, -0.2) is 57.2 Å². The number of nitrogens with one attached hydrogen (secondary N) is 3. The van der Waals surface area contributed by atoms with E-state index in [-0.39, 0.29) is 11.3 Å². The molecule has 3 aromatic rings. The summed E-state index contributed by atoms with van der Waals surface area (Å²) in [6, 6.07) is 2.15. The number of rotatable bonds is 7. The minimum atomic E-state index is -1.72. The molecule has 1 unspecified atom stereocenters. The van der Waals surface area contributed by atoms with Gasteiger partial charge in [0.15, 0.2) is 11.6 Å². The maximum Gasteiger partial charge on any atom is 0.330 e. The molecule has 0 radical (unpaired) electrons. The third-order valence-electron chi connectivity index (χ3n) is 5.84. The summed E-state index contributed by atoms with van der Waals surface area (Å²) in [6.07, 6.45) is 3.03. The van der Waals surface area contributed by atoms with E-state index in [4.69, 9.17) is 11.6 Å². The maximum absolute atomic E-state index is 14.0. The number of amides is 4. The molecule has 1 aliphatic heterocycles. The van der Waals surface area contributed by atoms with Crippen LogP contribution in [0.3, 0.4) is 0 Å². The van der Waals surface area contributed by atoms with Crippen molar-refractivity contribution in [2.24, 2.45) is 0 Å². The van der Waals surface area contributed by atoms with Crippen LogP contribution in [0.5, 0.6) is 0 Å². The molecule has 0 spiro atoms. The molecule has 1 aliphatic rings. The molecule has 9 nitrogen and oxygen atoms in total. The maximum atomic E-state index is 14.0. The Kier molecular flexibility index (Phi) is 7.07. The minimum absolute atomic E-state index is 0.158. The Balaban J connectivity index is 1.74. The number of aliphatic hydroxyl groups excluding tert-OH is 2. The van der Waals surface area contributed by atoms with Crippen LogP contribution >= 0.6 is 11.6 Å². The molecule has 2 aromatic carbocycles. The van der Waals surface area contributed by atoms with Crippen LogP contribution in [0.25, 0.3) is 17.0 Å². The van der Waals surface area contributed by atoms with Gasteiger partial charge in [-0.15, -0.1) is 0 Å². The van der Waals surface area contributed by atoms with Gasteiger partial charge in [0.05, 0.1) is 24.8 Å². The number of carbonyl (C=O) groups is 3. The van der Waals surface area contributed by atoms with Crippen molar-refractivity contribution in [1.82, 2.24) is 20.5 Å². The van der Waals surface area contributed by atoms with Gasteiger partial charge in [0, 0.05) is 22.2 Å². The second-order valence-electron chi connectivity index (χ2n) is 8.15. The number of benzene rings is 2. The number of aryl methyl sites for hydroxylation is 1. The number of urea groups is 1. The van der Waals surface area contributed by atoms with E-state index in [1.54, 1.807) is 18.3 Å². The Bertz CT molecular complexity index is 1400. The predicted octanol–water partition coefficient (Wildman–Crippen LogP) is 2.51. The van der Waals surface area contributed by atoms with Gasteiger partial charge in [-0.2, -0.15) is 0 Å². The molecule has 0 aliphatic carbocycles. The number of hydrogen-bond acceptors (Lipinski definition) is 5. The summed E-state index contributed by atoms with van der Waals surface area (Å²) >= 11 is 6.16. The molecule has 4 rings (SSSR count). The molecule has 36 heavy (non-hydrogen) atoms. The fourth-order valence-electron chi connectivity index (χ4n) is 3.93. The lowest BCUT2D eigenvalue weighted by Gasteiger charge is -2.26. The van der Waals surface area contributed by atoms with Crippen LogP contribution in [0, 0.1) is 18.6 Å². The number of fused-ring (bicyclic) bond motifs is 1. The lowest BCUT2D eigenvalue weighted by atomic mass is 10.0. The van der Waals surface area contributed by atoms with Crippen molar-refractivity contribution in [2.75, 3.05) is 13.2 Å². The van der Waals surface area contributed by atoms with E-state index in [1.807, 2.05) is 6.92 Å². The molecule has 2 heterocycles. The number of imide groups is 1. The lowest BCUT2D eigenvalue weighted by molar-refractivity contribution is -0.134. The number of hydrogen-bond donors (Lipinski definition) is 5. The van der Waals surface area contributed by atoms with Gasteiger partial charge in [-0.1, -0.05) is 23.7 Å². The van der Waals surface area contributed by atoms with Crippen molar-refractivity contribution >= 4 is 46.4 Å². The highest BCUT2D eigenvalue weighted by Gasteiger charge is 2.43. The molecule has 1 aromatic heterocycles. The van der Waals surface area contributed by atoms with Crippen molar-refractivity contribution in [3.8, 4) is 0 Å². The topological polar surface area (TPSA) is 135 Å². The Morgan fingerprint density at radius 2 is 1.89 bits per heavy atom. The van der Waals surface area contributed by atoms with Gasteiger partial charge in [-0.3, -0.25) is 9.59 Å². The van der Waals surface area contributed by atoms with E-state index in [9.17, 15) is 33.4 Å². The van der Waals surface area contributed by atoms with Crippen molar-refractivity contribution in [3.63, 3.8) is 0 Å². The summed E-state index contributed by atoms with van der Waals surface area (Å²) in [4.78, 5) is 42.8. The van der Waals surface area contributed by atoms with E-state index < -0.39 is 54.8 Å². The Hall–Kier alpha value is -3.80. The number of aromatic amines is 1. The zero-order valence-electron chi connectivity index (χ0n) is 18.8. The minimum Gasteiger partial charge on any atom is -0.394 e. The van der Waals surface area contributed by atoms with E-state index in [2.05, 4.69) is 15.6 Å². The second-order valence-corrected chi connectivity index (χ2v) is 8.56. The van der Waals surface area contributed by atoms with E-state index in [0.29, 0.717) is 21.6 Å². The monoisotopic (exact) mass is 518 g/mol. The summed E-state index contributed by atoms with van der Waals surface area (Å²) in [6.45, 7) is 0.545. The molecule has 4 amide bonds. The first kappa shape index (κ1) is 25.3. The Morgan fingerprint density at radius 3 is 2.56 bits per heavy atom. The average molecular weight is 519 g/mol. The number of aliphatic hydroxyl groups is 2. The van der Waals surface area contributed by atoms with Crippen LogP contribution < -0.4 is 10.6 Å². The number of carbonyl (C=O) groups excluding carboxylic acids is 3. The van der Waals surface area contributed by atoms with Crippen LogP contribution in [0.1, 0.15) is 22.7 Å². The van der Waals surface area contributed by atoms with Crippen LogP contribution in [-0.2, 0) is 9.59 Å². The lowest BCUT2D eigenvalue weighted by Crippen LogP contribution is -2.48. The highest BCUT2D eigenvalue weighted by Crippen LogP contribution is 2.31. The molecule has 0 saturated carbocycles. The summed E-state index contributed by atoms with van der Waals surface area (Å²) in [5.74, 6) is -4.36. The molecular weight excluding hydrogens is 498 g/mol. The smallest absolute Gasteiger partial charge is 0.330 e. The third-order valence-corrected chi connectivity index (χ3v) is 6.25. The van der Waals surface area contributed by atoms with Gasteiger partial charge >= 0.3 is 6.03 Å². The zero-order valence-corrected chi connectivity index (χ0v) is 19.6. The largest absolute Gasteiger partial charge is 0.394 e. The normalized spacial score (nSPS) is 15.8. The Morgan fingerprint density at radius 1 is 1.17 bits per heavy atom. The third kappa shape index (κ3) is 4.55. The first-order chi connectivity index (χ1) is 17.2. The van der Waals surface area contributed by atoms with Crippen LogP contribution in [0.2, 0.25) is 5.02 Å². The Labute approximate surface area is 208 Å². The van der Waals surface area contributed by atoms with Gasteiger partial charge in [0.1, 0.15) is 11.7 Å². The fourth-order valence-corrected chi connectivity index (χ4v) is 4.09. The van der Waals surface area contributed by atoms with E-state index >= 15 is 0 Å². The quantitative estimate of drug-likeness (QED) is 0.242. The van der Waals surface area contributed by atoms with Gasteiger partial charge in [-0.05, 0) is 42.3 Å². The van der Waals surface area contributed by atoms with Gasteiger partial charge in [0.25, 0.3) is 5.91 Å². The summed E-state index contributed by atoms with van der Waals surface area (Å²) < 4.78 is 27.5. The van der Waals surface area contributed by atoms with Gasteiger partial charge in [-0.25, -0.2) is 18.5 Å². The van der Waals surface area contributed by atoms with Crippen molar-refractivity contribution in [2.45, 2.75) is 19.0 Å². The fraction of sp³-hybridized carbons (Fsp3) is 0.208. The van der Waals surface area contributed by atoms with Gasteiger partial charge < -0.3 is 25.8 Å². The van der Waals surface area contributed by atoms with E-state index in [0.717, 1.165) is 28.6 Å². The summed E-state index contributed by atoms with van der Waals surface area (Å²) in [7, 11) is 0. The number of nitrogens with zero attached hydrogens (tertiary/aromatic N) is 1. The SMILES string of the molecule is Cc1c(Cl)ccc2c(/C=C3\NC(=O)N(C(C(=O)NC(CO)CO)c4ccc(F)c(F)c4)C3=O)c[nH]c12. The standard InChI is InChI=1S/C24H21ClF2N4O5/c1-11-16(25)4-3-15-13(8-28-20(11)15)7-19-23(35)31(24(36)30-19)21(22(34)29-14(9-32)10-33)12-2-5-17(26)18(27)6-12/h2-8,14,21,28,32-33H,9-10H2,1H3,(H,29,34)(H,30,36)/b19-7-. The summed E-state index contributed by atoms with van der Waals surface area (Å²) in [5, 5.41) is 24.6. The van der Waals surface area contributed by atoms with Crippen LogP contribution in [0.4, 0.5) is 13.6 Å². The molecule has 1 saturated heterocycles. The van der Waals surface area contributed by atoms with Crippen molar-refractivity contribution in [3.05, 3.63) is 75.6 Å². The number of halogens is 3. The molecular formula is C24H21ClF2N4O5. The van der Waals surface area contributed by atoms with Gasteiger partial charge in [0.2, 0.25) is 5.91 Å². The van der Waals surface area contributed by atoms with Crippen LogP contribution in [0.15, 0.2) is 42.2 Å². The molecule has 1 atom stereocenters. The first-order valence-electron chi connectivity index (χ1n) is 10.8. The van der Waals surface area contributed by atoms with E-state index in [1.165, 1.54) is 6.08 Å². The second kappa shape index (κ2) is 10.1. The molecule has 5 N–H and O–H groups in total. The van der Waals surface area contributed by atoms with Crippen molar-refractivity contribution in [1.29, 1.82) is 0 Å². The highest BCUT2D eigenvalue weighted by molar-refractivity contribution is 6.32. The molecule has 0 bridgehead atoms. The first-order valence-corrected chi connectivity index (χ1v) is 11.1. The predicted molar refractivity (Wildman–Crippen MR) is 127 cm³/mol. The summed E-state index contributed by atoms with van der Waals surface area (Å²) in [5.41, 5.74) is 1.74. The van der Waals surface area contributed by atoms with Crippen molar-refractivity contribution < 1.29 is 33.4 Å². The highest BCUT2D eigenvalue weighted by atomic mass is 35.5. The molecule has 188 valence electrons. The average Bonchev–Trinajstić information content (AvgIpc) is 3.38. The zero-order chi connectivity index (χ0) is 26.1. The molecule has 1 fully saturated rings. The number of aromatic nitrogens is 1.